The van der Waals surface area contributed by atoms with Crippen molar-refractivity contribution in [1.82, 2.24) is 9.36 Å². The van der Waals surface area contributed by atoms with E-state index in [4.69, 9.17) is 0 Å². The van der Waals surface area contributed by atoms with Gasteiger partial charge in [0, 0.05) is 17.1 Å². The molecule has 120 valence electrons. The average molecular weight is 347 g/mol. The first-order chi connectivity index (χ1) is 10.5. The fraction of sp³-hybridized carbons (Fsp3) is 0.125. The molecule has 3 aromatic rings. The van der Waals surface area contributed by atoms with E-state index in [1.165, 1.54) is 0 Å². The van der Waals surface area contributed by atoms with Crippen LogP contribution < -0.4 is 4.72 Å². The third-order valence-electron chi connectivity index (χ3n) is 3.01. The Hall–Kier alpha value is -2.25. The van der Waals surface area contributed by atoms with Gasteiger partial charge in [0.2, 0.25) is 5.13 Å². The number of aryl methyl sites for hydroxylation is 1. The Morgan fingerprint density at radius 1 is 1.00 bits per heavy atom. The van der Waals surface area contributed by atoms with Crippen LogP contribution in [0.5, 0.6) is 0 Å². The molecule has 1 heterocycles. The first-order valence-electron chi connectivity index (χ1n) is 6.53. The van der Waals surface area contributed by atoms with Crippen LogP contribution in [-0.4, -0.2) is 17.8 Å². The van der Waals surface area contributed by atoms with E-state index in [2.05, 4.69) is 14.1 Å². The predicted octanol–water partition coefficient (Wildman–Crippen LogP) is 3.95. The number of nitrogens with one attached hydrogen (secondary N) is 1. The van der Waals surface area contributed by atoms with Crippen molar-refractivity contribution in [3.8, 4) is 11.4 Å². The molecule has 0 fully saturated rings. The summed E-state index contributed by atoms with van der Waals surface area (Å²) in [5.41, 5.74) is 1.85. The molecule has 0 radical (unpaired) electrons. The van der Waals surface area contributed by atoms with Gasteiger partial charge in [-0.25, -0.2) is 8.42 Å². The van der Waals surface area contributed by atoms with Crippen molar-refractivity contribution in [3.05, 3.63) is 60.2 Å². The van der Waals surface area contributed by atoms with Gasteiger partial charge in [-0.05, 0) is 19.1 Å². The molecule has 0 aliphatic rings. The summed E-state index contributed by atoms with van der Waals surface area (Å²) in [5, 5.41) is 0.249. The maximum absolute atomic E-state index is 12.3. The summed E-state index contributed by atoms with van der Waals surface area (Å²) >= 11 is 1.02. The second-order valence-electron chi connectivity index (χ2n) is 4.71. The summed E-state index contributed by atoms with van der Waals surface area (Å²) in [7, 11) is -3.64. The van der Waals surface area contributed by atoms with Crippen LogP contribution in [0.1, 0.15) is 13.0 Å². The molecule has 0 aliphatic heterocycles. The first-order valence-corrected chi connectivity index (χ1v) is 8.79. The van der Waals surface area contributed by atoms with Crippen LogP contribution in [0.25, 0.3) is 11.4 Å². The van der Waals surface area contributed by atoms with E-state index in [1.807, 2.05) is 37.3 Å². The first kappa shape index (κ1) is 17.1. The third kappa shape index (κ3) is 3.94. The third-order valence-corrected chi connectivity index (χ3v) is 5.13. The van der Waals surface area contributed by atoms with Gasteiger partial charge in [-0.15, -0.1) is 0 Å². The summed E-state index contributed by atoms with van der Waals surface area (Å²) in [6.45, 7) is 1.90. The molecule has 0 amide bonds. The van der Waals surface area contributed by atoms with Gasteiger partial charge in [-0.1, -0.05) is 55.5 Å². The van der Waals surface area contributed by atoms with Gasteiger partial charge in [0.1, 0.15) is 0 Å². The molecule has 0 bridgehead atoms. The lowest BCUT2D eigenvalue weighted by molar-refractivity contribution is 0.601. The summed E-state index contributed by atoms with van der Waals surface area (Å²) in [5.74, 6) is 0.507. The van der Waals surface area contributed by atoms with Crippen LogP contribution >= 0.6 is 11.5 Å². The van der Waals surface area contributed by atoms with Crippen molar-refractivity contribution in [2.24, 2.45) is 0 Å². The van der Waals surface area contributed by atoms with Crippen LogP contribution in [0.15, 0.2) is 59.5 Å². The molecule has 0 saturated heterocycles. The molecule has 0 atom stereocenters. The van der Waals surface area contributed by atoms with Crippen molar-refractivity contribution < 1.29 is 8.42 Å². The zero-order valence-corrected chi connectivity index (χ0v) is 13.4. The monoisotopic (exact) mass is 347 g/mol. The number of sulfonamides is 1. The van der Waals surface area contributed by atoms with Gasteiger partial charge >= 0.3 is 0 Å². The van der Waals surface area contributed by atoms with E-state index in [1.54, 1.807) is 24.3 Å². The Labute approximate surface area is 140 Å². The molecule has 2 aromatic carbocycles. The summed E-state index contributed by atoms with van der Waals surface area (Å²) < 4.78 is 31.2. The molecule has 3 rings (SSSR count). The highest BCUT2D eigenvalue weighted by atomic mass is 32.2. The van der Waals surface area contributed by atoms with Crippen LogP contribution in [0.4, 0.5) is 5.13 Å². The maximum Gasteiger partial charge on any atom is 0.263 e. The number of nitrogens with zero attached hydrogens (tertiary/aromatic N) is 2. The predicted molar refractivity (Wildman–Crippen MR) is 94.1 cm³/mol. The van der Waals surface area contributed by atoms with Gasteiger partial charge in [-0.3, -0.25) is 4.72 Å². The largest absolute Gasteiger partial charge is 0.263 e. The van der Waals surface area contributed by atoms with Gasteiger partial charge in [0.05, 0.1) is 4.90 Å². The highest BCUT2D eigenvalue weighted by molar-refractivity contribution is 7.93. The van der Waals surface area contributed by atoms with Crippen molar-refractivity contribution >= 4 is 26.7 Å². The SMILES string of the molecule is C.Cc1ccc(S(=O)(=O)Nc2nc(-c3ccccc3)ns2)cc1. The van der Waals surface area contributed by atoms with E-state index in [-0.39, 0.29) is 17.5 Å². The molecule has 0 spiro atoms. The highest BCUT2D eigenvalue weighted by Gasteiger charge is 2.16. The van der Waals surface area contributed by atoms with E-state index in [0.29, 0.717) is 5.82 Å². The van der Waals surface area contributed by atoms with Crippen LogP contribution in [-0.2, 0) is 10.0 Å². The lowest BCUT2D eigenvalue weighted by Crippen LogP contribution is -2.12. The lowest BCUT2D eigenvalue weighted by atomic mass is 10.2. The summed E-state index contributed by atoms with van der Waals surface area (Å²) in [6, 6.07) is 16.1. The van der Waals surface area contributed by atoms with E-state index in [9.17, 15) is 8.42 Å². The molecular weight excluding hydrogens is 330 g/mol. The number of rotatable bonds is 4. The highest BCUT2D eigenvalue weighted by Crippen LogP contribution is 2.23. The lowest BCUT2D eigenvalue weighted by Gasteiger charge is -2.04. The standard InChI is InChI=1S/C15H13N3O2S2.CH4/c1-11-7-9-13(10-8-11)22(19,20)18-15-16-14(17-21-15)12-5-3-2-4-6-12;/h2-10H,1H3,(H,16,17,18);1H4. The van der Waals surface area contributed by atoms with E-state index < -0.39 is 10.0 Å². The fourth-order valence-corrected chi connectivity index (χ4v) is 3.67. The maximum atomic E-state index is 12.3. The Morgan fingerprint density at radius 2 is 1.65 bits per heavy atom. The molecular formula is C16H17N3O2S2. The summed E-state index contributed by atoms with van der Waals surface area (Å²) in [4.78, 5) is 4.43. The minimum absolute atomic E-state index is 0. The topological polar surface area (TPSA) is 72.0 Å². The molecule has 1 aromatic heterocycles. The van der Waals surface area contributed by atoms with Gasteiger partial charge in [0.15, 0.2) is 5.82 Å². The minimum atomic E-state index is -3.64. The quantitative estimate of drug-likeness (QED) is 0.775. The zero-order valence-electron chi connectivity index (χ0n) is 11.7. The van der Waals surface area contributed by atoms with Gasteiger partial charge in [0.25, 0.3) is 10.0 Å². The normalized spacial score (nSPS) is 10.8. The number of aromatic nitrogens is 2. The van der Waals surface area contributed by atoms with Crippen LogP contribution in [0.3, 0.4) is 0 Å². The fourth-order valence-electron chi connectivity index (χ4n) is 1.86. The van der Waals surface area contributed by atoms with Crippen molar-refractivity contribution in [2.75, 3.05) is 4.72 Å². The van der Waals surface area contributed by atoms with Gasteiger partial charge < -0.3 is 0 Å². The number of anilines is 1. The molecule has 1 N–H and O–H groups in total. The van der Waals surface area contributed by atoms with Crippen molar-refractivity contribution in [2.45, 2.75) is 19.2 Å². The molecule has 5 nitrogen and oxygen atoms in total. The average Bonchev–Trinajstić information content (AvgIpc) is 2.96. The molecule has 0 unspecified atom stereocenters. The number of hydrogen-bond donors (Lipinski definition) is 1. The molecule has 7 heteroatoms. The minimum Gasteiger partial charge on any atom is -0.253 e. The van der Waals surface area contributed by atoms with E-state index in [0.717, 1.165) is 22.7 Å². The second kappa shape index (κ2) is 6.89. The molecule has 0 aliphatic carbocycles. The Bertz CT molecular complexity index is 873. The number of hydrogen-bond acceptors (Lipinski definition) is 5. The number of benzene rings is 2. The second-order valence-corrected chi connectivity index (χ2v) is 7.14. The van der Waals surface area contributed by atoms with Crippen molar-refractivity contribution in [3.63, 3.8) is 0 Å². The Balaban J connectivity index is 0.00000192. The zero-order chi connectivity index (χ0) is 15.6. The molecule has 0 saturated carbocycles. The van der Waals surface area contributed by atoms with Crippen molar-refractivity contribution in [1.29, 1.82) is 0 Å². The Kier molecular flexibility index (Phi) is 5.12. The Morgan fingerprint density at radius 3 is 2.30 bits per heavy atom. The van der Waals surface area contributed by atoms with E-state index >= 15 is 0 Å². The van der Waals surface area contributed by atoms with Gasteiger partial charge in [-0.2, -0.15) is 9.36 Å². The smallest absolute Gasteiger partial charge is 0.253 e. The molecule has 23 heavy (non-hydrogen) atoms. The van der Waals surface area contributed by atoms with Crippen LogP contribution in [0, 0.1) is 6.92 Å². The summed E-state index contributed by atoms with van der Waals surface area (Å²) in [6.07, 6.45) is 0. The van der Waals surface area contributed by atoms with Crippen LogP contribution in [0.2, 0.25) is 0 Å².